The monoisotopic (exact) mass is 443 g/mol. The number of fused-ring (bicyclic) bond motifs is 1. The van der Waals surface area contributed by atoms with Crippen molar-refractivity contribution in [2.24, 2.45) is 7.05 Å². The second kappa shape index (κ2) is 8.71. The van der Waals surface area contributed by atoms with Crippen LogP contribution in [-0.4, -0.2) is 20.6 Å². The van der Waals surface area contributed by atoms with Crippen molar-refractivity contribution in [3.63, 3.8) is 0 Å². The van der Waals surface area contributed by atoms with Crippen LogP contribution in [-0.2, 0) is 25.6 Å². The average molecular weight is 444 g/mol. The number of hydrogen-bond donors (Lipinski definition) is 3. The molecule has 0 saturated carbocycles. The van der Waals surface area contributed by atoms with Crippen molar-refractivity contribution in [3.8, 4) is 11.3 Å². The van der Waals surface area contributed by atoms with Gasteiger partial charge < -0.3 is 20.0 Å². The van der Waals surface area contributed by atoms with Gasteiger partial charge in [0.1, 0.15) is 5.56 Å². The van der Waals surface area contributed by atoms with Crippen LogP contribution in [0.2, 0.25) is 0 Å². The highest BCUT2D eigenvalue weighted by atomic mass is 16.4. The van der Waals surface area contributed by atoms with E-state index in [1.54, 1.807) is 0 Å². The van der Waals surface area contributed by atoms with Crippen molar-refractivity contribution in [3.05, 3.63) is 93.4 Å². The Labute approximate surface area is 192 Å². The van der Waals surface area contributed by atoms with E-state index in [9.17, 15) is 14.7 Å². The topological polar surface area (TPSA) is 87.1 Å². The van der Waals surface area contributed by atoms with Crippen LogP contribution in [0, 0.1) is 0 Å². The number of carboxylic acids is 1. The second-order valence-corrected chi connectivity index (χ2v) is 8.88. The number of H-pyrrole nitrogens is 1. The fraction of sp³-hybridized carbons (Fsp3) is 0.259. The molecule has 6 heteroatoms. The fourth-order valence-electron chi connectivity index (χ4n) is 4.27. The lowest BCUT2D eigenvalue weighted by Gasteiger charge is -2.27. The molecular formula is C27H29N3O3. The van der Waals surface area contributed by atoms with Gasteiger partial charge in [-0.05, 0) is 61.2 Å². The first kappa shape index (κ1) is 22.6. The third-order valence-corrected chi connectivity index (χ3v) is 6.37. The molecule has 0 fully saturated rings. The number of rotatable bonds is 7. The van der Waals surface area contributed by atoms with Gasteiger partial charge in [0, 0.05) is 35.7 Å². The number of aromatic amines is 1. The van der Waals surface area contributed by atoms with E-state index in [4.69, 9.17) is 0 Å². The lowest BCUT2D eigenvalue weighted by molar-refractivity contribution is 0.0695. The molecule has 0 bridgehead atoms. The van der Waals surface area contributed by atoms with E-state index in [0.717, 1.165) is 27.7 Å². The SMILES string of the molecule is CCc1cc(C(=O)O)c(=O)[nH]c1-c1ccc2c(c1)cc(CNC(C)(C)c1ccccc1)n2C. The summed E-state index contributed by atoms with van der Waals surface area (Å²) in [5, 5.41) is 14.0. The van der Waals surface area contributed by atoms with Gasteiger partial charge in [-0.3, -0.25) is 4.79 Å². The largest absolute Gasteiger partial charge is 0.477 e. The van der Waals surface area contributed by atoms with Crippen molar-refractivity contribution < 1.29 is 9.90 Å². The molecule has 0 radical (unpaired) electrons. The number of hydrogen-bond acceptors (Lipinski definition) is 3. The Morgan fingerprint density at radius 1 is 1.09 bits per heavy atom. The maximum atomic E-state index is 12.3. The van der Waals surface area contributed by atoms with Crippen LogP contribution in [0.5, 0.6) is 0 Å². The average Bonchev–Trinajstić information content (AvgIpc) is 3.12. The molecule has 0 unspecified atom stereocenters. The van der Waals surface area contributed by atoms with Crippen molar-refractivity contribution in [2.75, 3.05) is 0 Å². The smallest absolute Gasteiger partial charge is 0.341 e. The molecule has 0 amide bonds. The van der Waals surface area contributed by atoms with Crippen LogP contribution in [0.1, 0.15) is 48.0 Å². The molecule has 3 N–H and O–H groups in total. The summed E-state index contributed by atoms with van der Waals surface area (Å²) in [7, 11) is 2.05. The highest BCUT2D eigenvalue weighted by Crippen LogP contribution is 2.28. The van der Waals surface area contributed by atoms with Crippen molar-refractivity contribution in [2.45, 2.75) is 39.3 Å². The molecule has 0 aliphatic heterocycles. The predicted molar refractivity (Wildman–Crippen MR) is 132 cm³/mol. The summed E-state index contributed by atoms with van der Waals surface area (Å²) in [5.74, 6) is -1.22. The number of carboxylic acid groups (broad SMARTS) is 1. The van der Waals surface area contributed by atoms with E-state index >= 15 is 0 Å². The maximum Gasteiger partial charge on any atom is 0.341 e. The molecule has 33 heavy (non-hydrogen) atoms. The summed E-state index contributed by atoms with van der Waals surface area (Å²) in [6.45, 7) is 6.99. The minimum Gasteiger partial charge on any atom is -0.477 e. The Morgan fingerprint density at radius 3 is 2.48 bits per heavy atom. The fourth-order valence-corrected chi connectivity index (χ4v) is 4.27. The lowest BCUT2D eigenvalue weighted by atomic mass is 9.94. The number of benzene rings is 2. The number of nitrogens with one attached hydrogen (secondary N) is 2. The zero-order valence-corrected chi connectivity index (χ0v) is 19.4. The minimum atomic E-state index is -1.22. The summed E-state index contributed by atoms with van der Waals surface area (Å²) in [5.41, 5.74) is 4.81. The van der Waals surface area contributed by atoms with Crippen LogP contribution < -0.4 is 10.9 Å². The molecule has 0 aliphatic carbocycles. The number of carbonyl (C=O) groups is 1. The van der Waals surface area contributed by atoms with Crippen LogP contribution >= 0.6 is 0 Å². The lowest BCUT2D eigenvalue weighted by Crippen LogP contribution is -2.36. The van der Waals surface area contributed by atoms with Gasteiger partial charge in [-0.15, -0.1) is 0 Å². The molecule has 2 heterocycles. The summed E-state index contributed by atoms with van der Waals surface area (Å²) in [6, 6.07) is 20.1. The highest BCUT2D eigenvalue weighted by Gasteiger charge is 2.20. The molecular weight excluding hydrogens is 414 g/mol. The Bertz CT molecular complexity index is 1380. The minimum absolute atomic E-state index is 0.176. The highest BCUT2D eigenvalue weighted by molar-refractivity contribution is 5.89. The number of aromatic nitrogens is 2. The van der Waals surface area contributed by atoms with Crippen LogP contribution in [0.25, 0.3) is 22.2 Å². The van der Waals surface area contributed by atoms with Gasteiger partial charge in [0.05, 0.1) is 5.69 Å². The van der Waals surface area contributed by atoms with E-state index in [-0.39, 0.29) is 11.1 Å². The zero-order valence-electron chi connectivity index (χ0n) is 19.4. The van der Waals surface area contributed by atoms with E-state index in [1.165, 1.54) is 11.6 Å². The van der Waals surface area contributed by atoms with Crippen molar-refractivity contribution >= 4 is 16.9 Å². The second-order valence-electron chi connectivity index (χ2n) is 8.88. The first-order chi connectivity index (χ1) is 15.7. The summed E-state index contributed by atoms with van der Waals surface area (Å²) in [4.78, 5) is 26.4. The van der Waals surface area contributed by atoms with Gasteiger partial charge in [-0.25, -0.2) is 4.79 Å². The van der Waals surface area contributed by atoms with Gasteiger partial charge in [0.25, 0.3) is 5.56 Å². The van der Waals surface area contributed by atoms with Crippen molar-refractivity contribution in [1.82, 2.24) is 14.9 Å². The van der Waals surface area contributed by atoms with Gasteiger partial charge in [-0.1, -0.05) is 43.3 Å². The third-order valence-electron chi connectivity index (χ3n) is 6.37. The molecule has 170 valence electrons. The molecule has 4 rings (SSSR count). The first-order valence-corrected chi connectivity index (χ1v) is 11.1. The van der Waals surface area contributed by atoms with E-state index in [1.807, 2.05) is 31.2 Å². The van der Waals surface area contributed by atoms with Crippen LogP contribution in [0.3, 0.4) is 0 Å². The number of nitrogens with zero attached hydrogens (tertiary/aromatic N) is 1. The quantitative estimate of drug-likeness (QED) is 0.382. The molecule has 6 nitrogen and oxygen atoms in total. The number of aromatic carboxylic acids is 1. The normalized spacial score (nSPS) is 11.8. The summed E-state index contributed by atoms with van der Waals surface area (Å²) < 4.78 is 2.17. The van der Waals surface area contributed by atoms with E-state index < -0.39 is 11.5 Å². The van der Waals surface area contributed by atoms with Gasteiger partial charge >= 0.3 is 5.97 Å². The summed E-state index contributed by atoms with van der Waals surface area (Å²) >= 11 is 0. The number of pyridine rings is 1. The Hall–Kier alpha value is -3.64. The molecule has 2 aromatic heterocycles. The predicted octanol–water partition coefficient (Wildman–Crippen LogP) is 4.82. The van der Waals surface area contributed by atoms with Gasteiger partial charge in [0.15, 0.2) is 0 Å². The van der Waals surface area contributed by atoms with Crippen molar-refractivity contribution in [1.29, 1.82) is 0 Å². The molecule has 4 aromatic rings. The molecule has 0 saturated heterocycles. The van der Waals surface area contributed by atoms with Gasteiger partial charge in [-0.2, -0.15) is 0 Å². The summed E-state index contributed by atoms with van der Waals surface area (Å²) in [6.07, 6.45) is 0.614. The number of aryl methyl sites for hydroxylation is 2. The standard InChI is InChI=1S/C27H29N3O3/c1-5-17-15-22(26(32)33)25(31)29-24(17)18-11-12-23-19(13-18)14-21(30(23)4)16-28-27(2,3)20-9-7-6-8-10-20/h6-15,28H,5,16H2,1-4H3,(H,29,31)(H,32,33). The molecule has 0 atom stereocenters. The Balaban J connectivity index is 1.67. The Kier molecular flexibility index (Phi) is 5.95. The maximum absolute atomic E-state index is 12.3. The first-order valence-electron chi connectivity index (χ1n) is 11.1. The van der Waals surface area contributed by atoms with Crippen LogP contribution in [0.15, 0.2) is 65.5 Å². The van der Waals surface area contributed by atoms with Gasteiger partial charge in [0.2, 0.25) is 0 Å². The molecule has 0 aliphatic rings. The molecule has 2 aromatic carbocycles. The van der Waals surface area contributed by atoms with E-state index in [0.29, 0.717) is 18.7 Å². The zero-order chi connectivity index (χ0) is 23.8. The van der Waals surface area contributed by atoms with E-state index in [2.05, 4.69) is 66.1 Å². The third kappa shape index (κ3) is 4.34. The Morgan fingerprint density at radius 2 is 1.82 bits per heavy atom. The van der Waals surface area contributed by atoms with Crippen LogP contribution in [0.4, 0.5) is 0 Å². The molecule has 0 spiro atoms.